The first kappa shape index (κ1) is 24.2. The van der Waals surface area contributed by atoms with E-state index in [0.29, 0.717) is 0 Å². The van der Waals surface area contributed by atoms with Crippen molar-refractivity contribution in [1.82, 2.24) is 0 Å². The van der Waals surface area contributed by atoms with Gasteiger partial charge in [-0.2, -0.15) is 6.42 Å². The molecule has 0 aromatic heterocycles. The molecule has 1 amide bonds. The third-order valence-corrected chi connectivity index (χ3v) is 4.26. The van der Waals surface area contributed by atoms with Gasteiger partial charge in [-0.3, -0.25) is 0 Å². The second kappa shape index (κ2) is 12.6. The zero-order valence-electron chi connectivity index (χ0n) is 16.8. The molecule has 0 unspecified atom stereocenters. The van der Waals surface area contributed by atoms with Crippen LogP contribution in [0.25, 0.3) is 0 Å². The summed E-state index contributed by atoms with van der Waals surface area (Å²) in [5.41, 5.74) is 6.96. The van der Waals surface area contributed by atoms with Crippen LogP contribution in [0.1, 0.15) is 47.1 Å². The quantitative estimate of drug-likeness (QED) is 0.213. The van der Waals surface area contributed by atoms with Gasteiger partial charge in [0.05, 0.1) is 6.41 Å². The van der Waals surface area contributed by atoms with E-state index < -0.39 is 0 Å². The molecule has 28 heavy (non-hydrogen) atoms. The Morgan fingerprint density at radius 2 is 1.11 bits per heavy atom. The Labute approximate surface area is 193 Å². The second-order valence-electron chi connectivity index (χ2n) is 6.60. The Morgan fingerprint density at radius 3 is 1.43 bits per heavy atom. The molecule has 142 valence electrons. The molecule has 0 aliphatic rings. The molecule has 0 radical (unpaired) electrons. The van der Waals surface area contributed by atoms with Crippen LogP contribution < -0.4 is 5.32 Å². The van der Waals surface area contributed by atoms with Gasteiger partial charge < -0.3 is 17.0 Å². The smallest absolute Gasteiger partial charge is 0.490 e. The summed E-state index contributed by atoms with van der Waals surface area (Å²) in [7, 11) is 0. The molecule has 0 saturated carbocycles. The molecule has 3 aromatic rings. The molecule has 0 aliphatic carbocycles. The SMILES string of the molecule is Cc1ccc(C(c2ccc(C)cc2)c2ccc(N[C-]=O)cc2)cc1.[CH2-]CC.[U+2]. The van der Waals surface area contributed by atoms with Gasteiger partial charge in [0.1, 0.15) is 0 Å². The van der Waals surface area contributed by atoms with E-state index in [-0.39, 0.29) is 37.0 Å². The summed E-state index contributed by atoms with van der Waals surface area (Å²) in [4.78, 5) is 10.5. The summed E-state index contributed by atoms with van der Waals surface area (Å²) in [6, 6.07) is 25.3. The Balaban J connectivity index is 0.000000921. The fourth-order valence-corrected chi connectivity index (χ4v) is 2.91. The number of nitrogens with one attached hydrogen (secondary N) is 1. The van der Waals surface area contributed by atoms with Crippen molar-refractivity contribution in [2.45, 2.75) is 33.1 Å². The number of benzene rings is 3. The second-order valence-corrected chi connectivity index (χ2v) is 6.60. The molecule has 1 N–H and O–H groups in total. The average Bonchev–Trinajstić information content (AvgIpc) is 2.67. The first-order valence-electron chi connectivity index (χ1n) is 9.24. The first-order valence-corrected chi connectivity index (χ1v) is 9.24. The number of hydrogen-bond acceptors (Lipinski definition) is 1. The van der Waals surface area contributed by atoms with Gasteiger partial charge in [-0.1, -0.05) is 78.7 Å². The van der Waals surface area contributed by atoms with Gasteiger partial charge in [-0.25, -0.2) is 0 Å². The minimum Gasteiger partial charge on any atom is -0.490 e. The van der Waals surface area contributed by atoms with Gasteiger partial charge in [0, 0.05) is 5.92 Å². The Kier molecular flexibility index (Phi) is 10.9. The fraction of sp³-hybridized carbons (Fsp3) is 0.200. The van der Waals surface area contributed by atoms with Crippen molar-refractivity contribution >= 4 is 12.1 Å². The molecule has 0 saturated heterocycles. The minimum atomic E-state index is 0. The normalized spacial score (nSPS) is 9.75. The summed E-state index contributed by atoms with van der Waals surface area (Å²) in [5.74, 6) is 0.167. The topological polar surface area (TPSA) is 29.1 Å². The Morgan fingerprint density at radius 1 is 0.786 bits per heavy atom. The molecular weight excluding hydrogens is 568 g/mol. The van der Waals surface area contributed by atoms with E-state index in [0.717, 1.165) is 12.1 Å². The van der Waals surface area contributed by atoms with Crippen LogP contribution in [0.5, 0.6) is 0 Å². The predicted octanol–water partition coefficient (Wildman–Crippen LogP) is 6.19. The van der Waals surface area contributed by atoms with Gasteiger partial charge in [0.15, 0.2) is 0 Å². The zero-order chi connectivity index (χ0) is 19.6. The third-order valence-electron chi connectivity index (χ3n) is 4.26. The van der Waals surface area contributed by atoms with E-state index in [1.807, 2.05) is 19.1 Å². The number of hydrogen-bond donors (Lipinski definition) is 1. The predicted molar refractivity (Wildman–Crippen MR) is 115 cm³/mol. The van der Waals surface area contributed by atoms with E-state index >= 15 is 0 Å². The third kappa shape index (κ3) is 6.97. The van der Waals surface area contributed by atoms with Crippen molar-refractivity contribution in [3.63, 3.8) is 0 Å². The van der Waals surface area contributed by atoms with Gasteiger partial charge in [0.2, 0.25) is 0 Å². The minimum absolute atomic E-state index is 0. The summed E-state index contributed by atoms with van der Waals surface area (Å²) < 4.78 is 0. The largest absolute Gasteiger partial charge is 2.00 e. The van der Waals surface area contributed by atoms with Crippen molar-refractivity contribution in [3.8, 4) is 0 Å². The maximum absolute atomic E-state index is 10.5. The number of rotatable bonds is 5. The van der Waals surface area contributed by atoms with Crippen molar-refractivity contribution in [2.75, 3.05) is 5.32 Å². The monoisotopic (exact) mass is 595 g/mol. The van der Waals surface area contributed by atoms with Crippen LogP contribution in [0.15, 0.2) is 72.8 Å². The van der Waals surface area contributed by atoms with E-state index in [1.165, 1.54) is 27.8 Å². The molecule has 2 nitrogen and oxygen atoms in total. The van der Waals surface area contributed by atoms with Crippen LogP contribution in [0.2, 0.25) is 0 Å². The van der Waals surface area contributed by atoms with Gasteiger partial charge in [0.25, 0.3) is 0 Å². The van der Waals surface area contributed by atoms with E-state index in [4.69, 9.17) is 0 Å². The van der Waals surface area contributed by atoms with Crippen LogP contribution >= 0.6 is 0 Å². The van der Waals surface area contributed by atoms with Crippen LogP contribution in [0.4, 0.5) is 5.69 Å². The maximum Gasteiger partial charge on any atom is 2.00 e. The van der Waals surface area contributed by atoms with Crippen molar-refractivity contribution in [3.05, 3.63) is 108 Å². The number of aryl methyl sites for hydroxylation is 2. The summed E-state index contributed by atoms with van der Waals surface area (Å²) in [6.07, 6.45) is 2.71. The van der Waals surface area contributed by atoms with E-state index in [2.05, 4.69) is 86.8 Å². The summed E-state index contributed by atoms with van der Waals surface area (Å²) in [6.45, 7) is 9.70. The molecule has 0 bridgehead atoms. The summed E-state index contributed by atoms with van der Waals surface area (Å²) >= 11 is 0. The van der Waals surface area contributed by atoms with Crippen LogP contribution in [-0.2, 0) is 4.79 Å². The van der Waals surface area contributed by atoms with Gasteiger partial charge in [-0.15, -0.1) is 17.8 Å². The molecule has 0 atom stereocenters. The molecule has 0 aliphatic heterocycles. The standard InChI is InChI=1S/C22H20NO.C3H7.U/c1-16-3-7-18(8-4-16)22(19-9-5-17(2)6-10-19)20-11-13-21(14-12-20)23-15-24;1-3-2;/h3-14,22H,1-2H3,(H,23,24);1,3H2,2H3;/q2*-1;+2. The first-order chi connectivity index (χ1) is 13.1. The molecule has 0 spiro atoms. The van der Waals surface area contributed by atoms with E-state index in [9.17, 15) is 4.79 Å². The molecular formula is C25H27NOU. The number of anilines is 1. The average molecular weight is 596 g/mol. The molecule has 3 rings (SSSR count). The summed E-state index contributed by atoms with van der Waals surface area (Å²) in [5, 5.41) is 2.56. The zero-order valence-corrected chi connectivity index (χ0v) is 21.0. The maximum atomic E-state index is 10.5. The van der Waals surface area contributed by atoms with Crippen molar-refractivity contribution in [1.29, 1.82) is 0 Å². The van der Waals surface area contributed by atoms with Crippen LogP contribution in [0, 0.1) is 51.9 Å². The van der Waals surface area contributed by atoms with E-state index in [1.54, 1.807) is 6.41 Å². The molecule has 0 fully saturated rings. The molecule has 3 heteroatoms. The van der Waals surface area contributed by atoms with Gasteiger partial charge in [-0.05, 0) is 30.5 Å². The number of carbonyl (C=O) groups excluding carboxylic acids is 1. The fourth-order valence-electron chi connectivity index (χ4n) is 2.91. The van der Waals surface area contributed by atoms with Crippen LogP contribution in [-0.4, -0.2) is 6.41 Å². The number of amides is 1. The van der Waals surface area contributed by atoms with Crippen molar-refractivity contribution in [2.24, 2.45) is 0 Å². The van der Waals surface area contributed by atoms with Gasteiger partial charge >= 0.3 is 31.1 Å². The van der Waals surface area contributed by atoms with Crippen molar-refractivity contribution < 1.29 is 35.9 Å². The Bertz CT molecular complexity index is 778. The Hall–Kier alpha value is -1.82. The molecule has 3 aromatic carbocycles. The van der Waals surface area contributed by atoms with Crippen LogP contribution in [0.3, 0.4) is 0 Å². The molecule has 0 heterocycles.